The molecule has 3 aliphatic heterocycles. The van der Waals surface area contributed by atoms with Crippen LogP contribution in [0.2, 0.25) is 0 Å². The lowest BCUT2D eigenvalue weighted by Gasteiger charge is -2.37. The Kier molecular flexibility index (Phi) is 4.23. The molecule has 2 atom stereocenters. The molecule has 2 amide bonds. The number of hydrogen-bond acceptors (Lipinski definition) is 7. The number of anilines is 4. The molecule has 1 N–H and O–H groups in total. The molecule has 0 aromatic carbocycles. The van der Waals surface area contributed by atoms with Crippen LogP contribution < -0.4 is 20.0 Å². The second kappa shape index (κ2) is 6.90. The third-order valence-corrected chi connectivity index (χ3v) is 5.52. The average Bonchev–Trinajstić information content (AvgIpc) is 3.13. The highest BCUT2D eigenvalue weighted by molar-refractivity contribution is 6.04. The average molecular weight is 381 g/mol. The summed E-state index contributed by atoms with van der Waals surface area (Å²) in [6, 6.07) is 4.03. The van der Waals surface area contributed by atoms with Gasteiger partial charge < -0.3 is 14.5 Å². The van der Waals surface area contributed by atoms with Gasteiger partial charge in [0.1, 0.15) is 5.82 Å². The highest BCUT2D eigenvalue weighted by atomic mass is 16.5. The second-order valence-corrected chi connectivity index (χ2v) is 7.42. The van der Waals surface area contributed by atoms with Crippen LogP contribution in [0.1, 0.15) is 13.3 Å². The Hall–Kier alpha value is -2.94. The standard InChI is InChI=1S/C19H23N7O2/c1-13-11-25(8-9-28-13)17-3-2-15-18(23-17)26(14-4-7-24(15)12-14)19(27)22-16-10-20-5-6-21-16/h2-3,5-6,10,13-14H,4,7-9,11-12H2,1H3,(H,21,22,27)/t13-,14+/m1/s1. The number of amides is 2. The van der Waals surface area contributed by atoms with Crippen molar-refractivity contribution < 1.29 is 9.53 Å². The molecule has 2 fully saturated rings. The summed E-state index contributed by atoms with van der Waals surface area (Å²) in [7, 11) is 0. The third-order valence-electron chi connectivity index (χ3n) is 5.52. The minimum Gasteiger partial charge on any atom is -0.375 e. The molecule has 5 rings (SSSR count). The molecule has 0 aliphatic carbocycles. The molecule has 0 unspecified atom stereocenters. The van der Waals surface area contributed by atoms with Crippen molar-refractivity contribution in [1.82, 2.24) is 15.0 Å². The summed E-state index contributed by atoms with van der Waals surface area (Å²) in [6.45, 7) is 6.11. The van der Waals surface area contributed by atoms with E-state index in [1.165, 1.54) is 0 Å². The largest absolute Gasteiger partial charge is 0.375 e. The second-order valence-electron chi connectivity index (χ2n) is 7.42. The molecule has 2 aromatic rings. The lowest BCUT2D eigenvalue weighted by molar-refractivity contribution is 0.0529. The van der Waals surface area contributed by atoms with Crippen LogP contribution in [0.3, 0.4) is 0 Å². The van der Waals surface area contributed by atoms with E-state index in [1.807, 2.05) is 6.07 Å². The van der Waals surface area contributed by atoms with E-state index >= 15 is 0 Å². The van der Waals surface area contributed by atoms with Crippen molar-refractivity contribution in [1.29, 1.82) is 0 Å². The number of aromatic nitrogens is 3. The first kappa shape index (κ1) is 17.2. The normalized spacial score (nSPS) is 23.5. The van der Waals surface area contributed by atoms with E-state index < -0.39 is 0 Å². The number of pyridine rings is 1. The summed E-state index contributed by atoms with van der Waals surface area (Å²) >= 11 is 0. The number of nitrogens with zero attached hydrogens (tertiary/aromatic N) is 6. The quantitative estimate of drug-likeness (QED) is 0.848. The Morgan fingerprint density at radius 1 is 1.21 bits per heavy atom. The van der Waals surface area contributed by atoms with Crippen LogP contribution in [0, 0.1) is 0 Å². The minimum absolute atomic E-state index is 0.107. The Balaban J connectivity index is 1.47. The Labute approximate surface area is 163 Å². The Morgan fingerprint density at radius 2 is 2.14 bits per heavy atom. The van der Waals surface area contributed by atoms with Crippen LogP contribution >= 0.6 is 0 Å². The van der Waals surface area contributed by atoms with Gasteiger partial charge in [-0.3, -0.25) is 15.2 Å². The van der Waals surface area contributed by atoms with Gasteiger partial charge in [0, 0.05) is 38.6 Å². The first-order chi connectivity index (χ1) is 13.7. The number of nitrogens with one attached hydrogen (secondary N) is 1. The summed E-state index contributed by atoms with van der Waals surface area (Å²) in [5, 5.41) is 2.86. The molecular formula is C19H23N7O2. The number of fused-ring (bicyclic) bond motifs is 4. The fraction of sp³-hybridized carbons (Fsp3) is 0.474. The third kappa shape index (κ3) is 3.01. The molecule has 3 aliphatic rings. The zero-order valence-corrected chi connectivity index (χ0v) is 15.8. The number of hydrogen-bond donors (Lipinski definition) is 1. The Bertz CT molecular complexity index is 878. The van der Waals surface area contributed by atoms with Crippen molar-refractivity contribution >= 4 is 29.2 Å². The van der Waals surface area contributed by atoms with E-state index in [9.17, 15) is 4.79 Å². The maximum Gasteiger partial charge on any atom is 0.329 e. The molecular weight excluding hydrogens is 358 g/mol. The highest BCUT2D eigenvalue weighted by Crippen LogP contribution is 2.40. The molecule has 0 saturated carbocycles. The zero-order chi connectivity index (χ0) is 19.1. The van der Waals surface area contributed by atoms with E-state index in [-0.39, 0.29) is 18.2 Å². The molecule has 28 heavy (non-hydrogen) atoms. The van der Waals surface area contributed by atoms with Gasteiger partial charge in [-0.1, -0.05) is 0 Å². The summed E-state index contributed by atoms with van der Waals surface area (Å²) < 4.78 is 5.65. The minimum atomic E-state index is -0.215. The van der Waals surface area contributed by atoms with E-state index in [0.29, 0.717) is 18.2 Å². The van der Waals surface area contributed by atoms with E-state index in [1.54, 1.807) is 23.5 Å². The highest BCUT2D eigenvalue weighted by Gasteiger charge is 2.40. The molecule has 2 bridgehead atoms. The topological polar surface area (TPSA) is 86.7 Å². The zero-order valence-electron chi connectivity index (χ0n) is 15.8. The van der Waals surface area contributed by atoms with Crippen molar-refractivity contribution in [2.24, 2.45) is 0 Å². The van der Waals surface area contributed by atoms with Gasteiger partial charge in [-0.25, -0.2) is 14.8 Å². The van der Waals surface area contributed by atoms with Crippen molar-refractivity contribution in [3.63, 3.8) is 0 Å². The number of carbonyl (C=O) groups excluding carboxylic acids is 1. The summed E-state index contributed by atoms with van der Waals surface area (Å²) in [6.07, 6.45) is 5.78. The van der Waals surface area contributed by atoms with Crippen LogP contribution in [-0.4, -0.2) is 65.9 Å². The first-order valence-electron chi connectivity index (χ1n) is 9.68. The lowest BCUT2D eigenvalue weighted by Crippen LogP contribution is -2.49. The number of rotatable bonds is 2. The van der Waals surface area contributed by atoms with Gasteiger partial charge in [0.15, 0.2) is 11.6 Å². The summed E-state index contributed by atoms with van der Waals surface area (Å²) in [4.78, 5) is 32.5. The van der Waals surface area contributed by atoms with Gasteiger partial charge in [-0.15, -0.1) is 0 Å². The fourth-order valence-corrected chi connectivity index (χ4v) is 4.20. The maximum atomic E-state index is 13.1. The van der Waals surface area contributed by atoms with Gasteiger partial charge in [0.05, 0.1) is 30.6 Å². The van der Waals surface area contributed by atoms with Gasteiger partial charge in [0.25, 0.3) is 0 Å². The van der Waals surface area contributed by atoms with Gasteiger partial charge in [0.2, 0.25) is 0 Å². The molecule has 0 radical (unpaired) electrons. The van der Waals surface area contributed by atoms with E-state index in [2.05, 4.69) is 38.1 Å². The van der Waals surface area contributed by atoms with Crippen molar-refractivity contribution in [3.05, 3.63) is 30.7 Å². The fourth-order valence-electron chi connectivity index (χ4n) is 4.20. The van der Waals surface area contributed by atoms with Crippen LogP contribution in [0.25, 0.3) is 0 Å². The predicted octanol–water partition coefficient (Wildman–Crippen LogP) is 1.73. The number of urea groups is 1. The van der Waals surface area contributed by atoms with Crippen molar-refractivity contribution in [2.75, 3.05) is 52.8 Å². The van der Waals surface area contributed by atoms with Crippen LogP contribution in [0.4, 0.5) is 27.9 Å². The van der Waals surface area contributed by atoms with Crippen LogP contribution in [-0.2, 0) is 4.74 Å². The summed E-state index contributed by atoms with van der Waals surface area (Å²) in [5.41, 5.74) is 1.01. The number of ether oxygens (including phenoxy) is 1. The van der Waals surface area contributed by atoms with Gasteiger partial charge >= 0.3 is 6.03 Å². The SMILES string of the molecule is C[C@@H]1CN(c2ccc3c(n2)N(C(=O)Nc2cnccn2)[C@H]2CCN3C2)CCO1. The van der Waals surface area contributed by atoms with E-state index in [4.69, 9.17) is 9.72 Å². The first-order valence-corrected chi connectivity index (χ1v) is 9.68. The molecule has 9 heteroatoms. The van der Waals surface area contributed by atoms with Gasteiger partial charge in [-0.05, 0) is 25.5 Å². The van der Waals surface area contributed by atoms with Crippen molar-refractivity contribution in [3.8, 4) is 0 Å². The predicted molar refractivity (Wildman–Crippen MR) is 106 cm³/mol. The summed E-state index contributed by atoms with van der Waals surface area (Å²) in [5.74, 6) is 2.04. The van der Waals surface area contributed by atoms with Gasteiger partial charge in [-0.2, -0.15) is 0 Å². The molecule has 0 spiro atoms. The van der Waals surface area contributed by atoms with E-state index in [0.717, 1.165) is 44.1 Å². The lowest BCUT2D eigenvalue weighted by atomic mass is 10.2. The molecule has 9 nitrogen and oxygen atoms in total. The van der Waals surface area contributed by atoms with Crippen molar-refractivity contribution in [2.45, 2.75) is 25.5 Å². The number of carbonyl (C=O) groups is 1. The molecule has 146 valence electrons. The monoisotopic (exact) mass is 381 g/mol. The Morgan fingerprint density at radius 3 is 2.96 bits per heavy atom. The smallest absolute Gasteiger partial charge is 0.329 e. The molecule has 2 saturated heterocycles. The molecule has 5 heterocycles. The van der Waals surface area contributed by atoms with Crippen LogP contribution in [0.15, 0.2) is 30.7 Å². The molecule has 2 aromatic heterocycles. The number of morpholine rings is 1. The van der Waals surface area contributed by atoms with Crippen LogP contribution in [0.5, 0.6) is 0 Å². The maximum absolute atomic E-state index is 13.1.